The number of likely N-dealkylation sites (N-methyl/N-ethyl adjacent to an activating group) is 1. The molecule has 0 fully saturated rings. The second-order valence-electron chi connectivity index (χ2n) is 8.37. The molecule has 2 heterocycles. The van der Waals surface area contributed by atoms with Crippen LogP contribution < -0.4 is 20.7 Å². The number of hydrogen-bond acceptors (Lipinski definition) is 5. The van der Waals surface area contributed by atoms with Crippen LogP contribution in [0.15, 0.2) is 60.8 Å². The zero-order valence-corrected chi connectivity index (χ0v) is 22.8. The highest BCUT2D eigenvalue weighted by Gasteiger charge is 2.19. The average Bonchev–Trinajstić information content (AvgIpc) is 3.20. The van der Waals surface area contributed by atoms with Crippen molar-refractivity contribution in [3.63, 3.8) is 0 Å². The van der Waals surface area contributed by atoms with E-state index in [9.17, 15) is 9.59 Å². The van der Waals surface area contributed by atoms with E-state index < -0.39 is 5.91 Å². The van der Waals surface area contributed by atoms with Crippen molar-refractivity contribution in [2.24, 2.45) is 0 Å². The van der Waals surface area contributed by atoms with Crippen LogP contribution in [-0.2, 0) is 16.2 Å². The van der Waals surface area contributed by atoms with Crippen LogP contribution in [0.4, 0.5) is 11.4 Å². The SMILES string of the molecule is Cc1nc2c(OCc3c(Cl)ccc(N(C)C(=O)CNC(=O)/C=C/c4ccc(N)cc4)c3Cl)cccn2c1Cl. The molecule has 8 nitrogen and oxygen atoms in total. The van der Waals surface area contributed by atoms with E-state index in [2.05, 4.69) is 10.3 Å². The van der Waals surface area contributed by atoms with Crippen molar-refractivity contribution in [2.75, 3.05) is 24.2 Å². The number of anilines is 2. The summed E-state index contributed by atoms with van der Waals surface area (Å²) in [7, 11) is 1.56. The monoisotopic (exact) mass is 571 g/mol. The summed E-state index contributed by atoms with van der Waals surface area (Å²) in [5, 5.41) is 3.71. The lowest BCUT2D eigenvalue weighted by Crippen LogP contribution is -2.37. The van der Waals surface area contributed by atoms with Gasteiger partial charge in [0, 0.05) is 35.6 Å². The number of pyridine rings is 1. The van der Waals surface area contributed by atoms with Gasteiger partial charge >= 0.3 is 0 Å². The first-order chi connectivity index (χ1) is 18.2. The molecule has 2 amide bonds. The predicted octanol–water partition coefficient (Wildman–Crippen LogP) is 5.56. The molecule has 3 N–H and O–H groups in total. The number of nitrogens with one attached hydrogen (secondary N) is 1. The minimum Gasteiger partial charge on any atom is -0.485 e. The summed E-state index contributed by atoms with van der Waals surface area (Å²) >= 11 is 19.4. The number of rotatable bonds is 8. The topological polar surface area (TPSA) is 102 Å². The van der Waals surface area contributed by atoms with Crippen LogP contribution in [0.1, 0.15) is 16.8 Å². The van der Waals surface area contributed by atoms with Crippen LogP contribution >= 0.6 is 34.8 Å². The Hall–Kier alpha value is -3.72. The van der Waals surface area contributed by atoms with Crippen LogP contribution in [0.2, 0.25) is 15.2 Å². The summed E-state index contributed by atoms with van der Waals surface area (Å²) in [6, 6.07) is 13.9. The van der Waals surface area contributed by atoms with Gasteiger partial charge < -0.3 is 20.7 Å². The highest BCUT2D eigenvalue weighted by atomic mass is 35.5. The molecule has 0 bridgehead atoms. The van der Waals surface area contributed by atoms with Crippen molar-refractivity contribution in [1.82, 2.24) is 14.7 Å². The highest BCUT2D eigenvalue weighted by molar-refractivity contribution is 6.38. The molecule has 0 aliphatic heterocycles. The second-order valence-corrected chi connectivity index (χ2v) is 9.52. The van der Waals surface area contributed by atoms with Crippen LogP contribution in [0.25, 0.3) is 11.7 Å². The molecule has 0 radical (unpaired) electrons. The highest BCUT2D eigenvalue weighted by Crippen LogP contribution is 2.35. The summed E-state index contributed by atoms with van der Waals surface area (Å²) in [6.07, 6.45) is 4.77. The molecule has 0 atom stereocenters. The maximum Gasteiger partial charge on any atom is 0.246 e. The molecule has 0 aliphatic rings. The molecular formula is C27H24Cl3N5O3. The fourth-order valence-electron chi connectivity index (χ4n) is 3.62. The number of ether oxygens (including phenoxy) is 1. The fraction of sp³-hybridized carbons (Fsp3) is 0.148. The van der Waals surface area contributed by atoms with Gasteiger partial charge in [0.25, 0.3) is 0 Å². The number of carbonyl (C=O) groups excluding carboxylic acids is 2. The molecule has 0 saturated heterocycles. The molecule has 0 unspecified atom stereocenters. The molecule has 38 heavy (non-hydrogen) atoms. The molecule has 196 valence electrons. The Bertz CT molecular complexity index is 1530. The van der Waals surface area contributed by atoms with E-state index >= 15 is 0 Å². The average molecular weight is 573 g/mol. The van der Waals surface area contributed by atoms with Gasteiger partial charge in [0.2, 0.25) is 11.8 Å². The third kappa shape index (κ3) is 6.05. The number of benzene rings is 2. The van der Waals surface area contributed by atoms with E-state index in [1.807, 2.05) is 6.92 Å². The smallest absolute Gasteiger partial charge is 0.246 e. The van der Waals surface area contributed by atoms with Crippen molar-refractivity contribution < 1.29 is 14.3 Å². The molecule has 2 aromatic carbocycles. The van der Waals surface area contributed by atoms with Crippen LogP contribution in [0, 0.1) is 6.92 Å². The molecule has 4 rings (SSSR count). The minimum atomic E-state index is -0.414. The number of imidazole rings is 1. The van der Waals surface area contributed by atoms with Crippen LogP contribution in [0.5, 0.6) is 5.75 Å². The summed E-state index contributed by atoms with van der Waals surface area (Å²) in [5.41, 5.74) is 9.25. The Morgan fingerprint density at radius 3 is 2.61 bits per heavy atom. The number of fused-ring (bicyclic) bond motifs is 1. The van der Waals surface area contributed by atoms with Gasteiger partial charge in [-0.2, -0.15) is 0 Å². The maximum absolute atomic E-state index is 12.8. The Labute approximate surface area is 234 Å². The lowest BCUT2D eigenvalue weighted by atomic mass is 10.2. The fourth-order valence-corrected chi connectivity index (χ4v) is 4.41. The lowest BCUT2D eigenvalue weighted by Gasteiger charge is -2.21. The first kappa shape index (κ1) is 27.3. The number of hydrogen-bond donors (Lipinski definition) is 2. The lowest BCUT2D eigenvalue weighted by molar-refractivity contribution is -0.122. The molecule has 0 spiro atoms. The van der Waals surface area contributed by atoms with Crippen molar-refractivity contribution >= 4 is 69.7 Å². The van der Waals surface area contributed by atoms with E-state index in [1.165, 1.54) is 11.0 Å². The van der Waals surface area contributed by atoms with Crippen LogP contribution in [-0.4, -0.2) is 34.8 Å². The third-order valence-electron chi connectivity index (χ3n) is 5.77. The minimum absolute atomic E-state index is 0.0312. The molecular weight excluding hydrogens is 549 g/mol. The van der Waals surface area contributed by atoms with E-state index in [0.717, 1.165) is 5.56 Å². The number of nitrogens with zero attached hydrogens (tertiary/aromatic N) is 3. The summed E-state index contributed by atoms with van der Waals surface area (Å²) in [4.78, 5) is 30.8. The molecule has 0 saturated carbocycles. The first-order valence-corrected chi connectivity index (χ1v) is 12.6. The van der Waals surface area contributed by atoms with Crippen molar-refractivity contribution in [3.05, 3.63) is 92.8 Å². The number of aryl methyl sites for hydroxylation is 1. The zero-order valence-electron chi connectivity index (χ0n) is 20.5. The van der Waals surface area contributed by atoms with Gasteiger partial charge in [-0.3, -0.25) is 14.0 Å². The molecule has 0 aliphatic carbocycles. The van der Waals surface area contributed by atoms with E-state index in [-0.39, 0.29) is 24.1 Å². The second kappa shape index (κ2) is 11.8. The van der Waals surface area contributed by atoms with E-state index in [0.29, 0.717) is 44.2 Å². The van der Waals surface area contributed by atoms with Crippen molar-refractivity contribution in [2.45, 2.75) is 13.5 Å². The van der Waals surface area contributed by atoms with Gasteiger partial charge in [0.1, 0.15) is 11.8 Å². The van der Waals surface area contributed by atoms with Gasteiger partial charge in [-0.25, -0.2) is 4.98 Å². The Morgan fingerprint density at radius 2 is 1.87 bits per heavy atom. The largest absolute Gasteiger partial charge is 0.485 e. The Balaban J connectivity index is 1.42. The maximum atomic E-state index is 12.8. The first-order valence-electron chi connectivity index (χ1n) is 11.5. The van der Waals surface area contributed by atoms with Gasteiger partial charge in [-0.15, -0.1) is 0 Å². The number of aromatic nitrogens is 2. The van der Waals surface area contributed by atoms with Gasteiger partial charge in [-0.1, -0.05) is 46.9 Å². The Morgan fingerprint density at radius 1 is 1.13 bits per heavy atom. The summed E-state index contributed by atoms with van der Waals surface area (Å²) in [6.45, 7) is 1.61. The van der Waals surface area contributed by atoms with Crippen molar-refractivity contribution in [1.29, 1.82) is 0 Å². The third-order valence-corrected chi connectivity index (χ3v) is 7.00. The van der Waals surface area contributed by atoms with Gasteiger partial charge in [0.05, 0.1) is 22.9 Å². The van der Waals surface area contributed by atoms with E-state index in [4.69, 9.17) is 45.3 Å². The summed E-state index contributed by atoms with van der Waals surface area (Å²) < 4.78 is 7.71. The molecule has 11 heteroatoms. The number of carbonyl (C=O) groups is 2. The van der Waals surface area contributed by atoms with Gasteiger partial charge in [0.15, 0.2) is 11.4 Å². The number of halogens is 3. The molecule has 4 aromatic rings. The van der Waals surface area contributed by atoms with Gasteiger partial charge in [-0.05, 0) is 55.0 Å². The number of nitrogens with two attached hydrogens (primary N) is 1. The normalized spacial score (nSPS) is 11.2. The quantitative estimate of drug-likeness (QED) is 0.213. The predicted molar refractivity (Wildman–Crippen MR) is 152 cm³/mol. The van der Waals surface area contributed by atoms with Crippen LogP contribution in [0.3, 0.4) is 0 Å². The number of amides is 2. The standard InChI is InChI=1S/C27H24Cl3N5O3/c1-16-26(30)35-13-3-4-22(27(35)33-16)38-15-19-20(28)10-11-21(25(19)29)34(2)24(37)14-32-23(36)12-7-17-5-8-18(31)9-6-17/h3-13H,14-15,31H2,1-2H3,(H,32,36)/b12-7+. The van der Waals surface area contributed by atoms with E-state index in [1.54, 1.807) is 72.3 Å². The van der Waals surface area contributed by atoms with Crippen molar-refractivity contribution in [3.8, 4) is 5.75 Å². The molecule has 2 aromatic heterocycles. The summed E-state index contributed by atoms with van der Waals surface area (Å²) in [5.74, 6) is -0.287. The number of nitrogen functional groups attached to an aromatic ring is 1. The Kier molecular flexibility index (Phi) is 8.46. The zero-order chi connectivity index (χ0) is 27.4.